The van der Waals surface area contributed by atoms with Gasteiger partial charge in [0.25, 0.3) is 0 Å². The zero-order valence-electron chi connectivity index (χ0n) is 13.4. The third-order valence-corrected chi connectivity index (χ3v) is 4.16. The van der Waals surface area contributed by atoms with E-state index in [2.05, 4.69) is 39.6 Å². The third-order valence-electron chi connectivity index (χ3n) is 4.16. The first-order valence-corrected chi connectivity index (χ1v) is 8.08. The van der Waals surface area contributed by atoms with Crippen LogP contribution in [-0.4, -0.2) is 9.97 Å². The predicted octanol–water partition coefficient (Wildman–Crippen LogP) is 4.97. The van der Waals surface area contributed by atoms with Crippen molar-refractivity contribution in [3.05, 3.63) is 102 Å². The minimum atomic E-state index is -0.348. The van der Waals surface area contributed by atoms with Crippen LogP contribution in [0.4, 0.5) is 10.2 Å². The molecule has 1 N–H and O–H groups in total. The Labute approximate surface area is 145 Å². The van der Waals surface area contributed by atoms with Crippen LogP contribution in [-0.2, 0) is 0 Å². The Bertz CT molecular complexity index is 948. The summed E-state index contributed by atoms with van der Waals surface area (Å²) in [5.74, 6) is 0.265. The number of anilines is 1. The average Bonchev–Trinajstić information content (AvgIpc) is 2.68. The maximum Gasteiger partial charge on any atom is 0.149 e. The van der Waals surface area contributed by atoms with Gasteiger partial charge < -0.3 is 5.32 Å². The van der Waals surface area contributed by atoms with Gasteiger partial charge in [-0.2, -0.15) is 0 Å². The summed E-state index contributed by atoms with van der Waals surface area (Å²) in [5, 5.41) is 4.13. The van der Waals surface area contributed by atoms with E-state index >= 15 is 0 Å². The summed E-state index contributed by atoms with van der Waals surface area (Å²) in [7, 11) is 0. The molecule has 0 radical (unpaired) electrons. The van der Waals surface area contributed by atoms with Gasteiger partial charge in [-0.15, -0.1) is 0 Å². The summed E-state index contributed by atoms with van der Waals surface area (Å²) in [6.45, 7) is 0. The van der Waals surface area contributed by atoms with Gasteiger partial charge in [-0.25, -0.2) is 14.4 Å². The number of rotatable bonds is 4. The molecule has 3 aromatic carbocycles. The van der Waals surface area contributed by atoms with Crippen molar-refractivity contribution >= 4 is 16.7 Å². The zero-order chi connectivity index (χ0) is 17.1. The fourth-order valence-electron chi connectivity index (χ4n) is 2.95. The van der Waals surface area contributed by atoms with Crippen LogP contribution < -0.4 is 5.32 Å². The fraction of sp³-hybridized carbons (Fsp3) is 0.0476. The Hall–Kier alpha value is -3.27. The highest BCUT2D eigenvalue weighted by molar-refractivity contribution is 5.89. The van der Waals surface area contributed by atoms with Crippen molar-refractivity contribution in [1.82, 2.24) is 9.97 Å². The Kier molecular flexibility index (Phi) is 4.09. The molecule has 0 saturated heterocycles. The summed E-state index contributed by atoms with van der Waals surface area (Å²) in [4.78, 5) is 8.42. The molecule has 0 saturated carbocycles. The number of benzene rings is 3. The van der Waals surface area contributed by atoms with E-state index in [0.29, 0.717) is 16.7 Å². The van der Waals surface area contributed by atoms with Gasteiger partial charge in [0.2, 0.25) is 0 Å². The topological polar surface area (TPSA) is 37.8 Å². The quantitative estimate of drug-likeness (QED) is 0.574. The second-order valence-electron chi connectivity index (χ2n) is 5.76. The van der Waals surface area contributed by atoms with Crippen LogP contribution in [0.25, 0.3) is 10.9 Å². The molecule has 0 atom stereocenters. The standard InChI is InChI=1S/C21H16FN3/c22-18-13-7-12-17-20(18)23-14-24-21(17)25-19(15-8-3-1-4-9-15)16-10-5-2-6-11-16/h1-14,19H,(H,23,24,25). The van der Waals surface area contributed by atoms with E-state index in [9.17, 15) is 4.39 Å². The molecule has 0 bridgehead atoms. The van der Waals surface area contributed by atoms with E-state index in [-0.39, 0.29) is 11.9 Å². The second kappa shape index (κ2) is 6.69. The highest BCUT2D eigenvalue weighted by Crippen LogP contribution is 2.29. The maximum atomic E-state index is 14.0. The minimum Gasteiger partial charge on any atom is -0.359 e. The lowest BCUT2D eigenvalue weighted by Crippen LogP contribution is -2.13. The van der Waals surface area contributed by atoms with Gasteiger partial charge in [0, 0.05) is 5.39 Å². The molecule has 0 amide bonds. The third kappa shape index (κ3) is 3.06. The van der Waals surface area contributed by atoms with E-state index in [1.807, 2.05) is 42.5 Å². The number of aromatic nitrogens is 2. The lowest BCUT2D eigenvalue weighted by Gasteiger charge is -2.21. The summed E-state index contributed by atoms with van der Waals surface area (Å²) in [5.41, 5.74) is 2.54. The normalized spacial score (nSPS) is 11.0. The summed E-state index contributed by atoms with van der Waals surface area (Å²) in [6, 6.07) is 25.1. The van der Waals surface area contributed by atoms with Crippen molar-refractivity contribution in [2.45, 2.75) is 6.04 Å². The summed E-state index contributed by atoms with van der Waals surface area (Å²) < 4.78 is 14.0. The molecule has 25 heavy (non-hydrogen) atoms. The number of para-hydroxylation sites is 1. The molecule has 1 aromatic heterocycles. The second-order valence-corrected chi connectivity index (χ2v) is 5.76. The molecule has 3 nitrogen and oxygen atoms in total. The van der Waals surface area contributed by atoms with Crippen molar-refractivity contribution < 1.29 is 4.39 Å². The SMILES string of the molecule is Fc1cccc2c(NC(c3ccccc3)c3ccccc3)ncnc12. The molecular weight excluding hydrogens is 313 g/mol. The Morgan fingerprint density at radius 3 is 2.00 bits per heavy atom. The monoisotopic (exact) mass is 329 g/mol. The Balaban J connectivity index is 1.81. The van der Waals surface area contributed by atoms with E-state index in [1.165, 1.54) is 12.4 Å². The number of hydrogen-bond donors (Lipinski definition) is 1. The number of nitrogens with zero attached hydrogens (tertiary/aromatic N) is 2. The molecule has 4 aromatic rings. The fourth-order valence-corrected chi connectivity index (χ4v) is 2.95. The lowest BCUT2D eigenvalue weighted by atomic mass is 9.98. The molecule has 4 rings (SSSR count). The highest BCUT2D eigenvalue weighted by atomic mass is 19.1. The summed E-state index contributed by atoms with van der Waals surface area (Å²) >= 11 is 0. The molecule has 0 aliphatic rings. The van der Waals surface area contributed by atoms with Gasteiger partial charge in [-0.05, 0) is 23.3 Å². The van der Waals surface area contributed by atoms with Crippen LogP contribution in [0.1, 0.15) is 17.2 Å². The van der Waals surface area contributed by atoms with Gasteiger partial charge in [0.1, 0.15) is 23.5 Å². The van der Waals surface area contributed by atoms with Gasteiger partial charge in [0.15, 0.2) is 0 Å². The lowest BCUT2D eigenvalue weighted by molar-refractivity contribution is 0.636. The molecule has 0 aliphatic carbocycles. The Morgan fingerprint density at radius 2 is 1.36 bits per heavy atom. The first-order valence-electron chi connectivity index (χ1n) is 8.08. The minimum absolute atomic E-state index is 0.0937. The molecule has 122 valence electrons. The number of fused-ring (bicyclic) bond motifs is 1. The number of halogens is 1. The first kappa shape index (κ1) is 15.3. The van der Waals surface area contributed by atoms with Gasteiger partial charge in [-0.1, -0.05) is 66.7 Å². The molecule has 0 fully saturated rings. The van der Waals surface area contributed by atoms with Crippen LogP contribution >= 0.6 is 0 Å². The van der Waals surface area contributed by atoms with Crippen LogP contribution in [0.2, 0.25) is 0 Å². The van der Waals surface area contributed by atoms with Crippen molar-refractivity contribution in [1.29, 1.82) is 0 Å². The van der Waals surface area contributed by atoms with Crippen LogP contribution in [0.5, 0.6) is 0 Å². The molecule has 0 spiro atoms. The van der Waals surface area contributed by atoms with E-state index in [1.54, 1.807) is 6.07 Å². The highest BCUT2D eigenvalue weighted by Gasteiger charge is 2.16. The molecule has 0 aliphatic heterocycles. The van der Waals surface area contributed by atoms with Crippen molar-refractivity contribution in [2.24, 2.45) is 0 Å². The smallest absolute Gasteiger partial charge is 0.149 e. The molecular formula is C21H16FN3. The van der Waals surface area contributed by atoms with Crippen LogP contribution in [0.3, 0.4) is 0 Å². The largest absolute Gasteiger partial charge is 0.359 e. The predicted molar refractivity (Wildman–Crippen MR) is 97.8 cm³/mol. The average molecular weight is 329 g/mol. The number of hydrogen-bond acceptors (Lipinski definition) is 3. The van der Waals surface area contributed by atoms with Gasteiger partial charge in [0.05, 0.1) is 6.04 Å². The number of nitrogens with one attached hydrogen (secondary N) is 1. The van der Waals surface area contributed by atoms with Crippen molar-refractivity contribution in [3.63, 3.8) is 0 Å². The zero-order valence-corrected chi connectivity index (χ0v) is 13.4. The first-order chi connectivity index (χ1) is 12.3. The van der Waals surface area contributed by atoms with E-state index in [0.717, 1.165) is 11.1 Å². The molecule has 1 heterocycles. The van der Waals surface area contributed by atoms with Gasteiger partial charge in [-0.3, -0.25) is 0 Å². The van der Waals surface area contributed by atoms with Crippen LogP contribution in [0.15, 0.2) is 85.2 Å². The van der Waals surface area contributed by atoms with E-state index in [4.69, 9.17) is 0 Å². The summed E-state index contributed by atoms with van der Waals surface area (Å²) in [6.07, 6.45) is 1.39. The maximum absolute atomic E-state index is 14.0. The van der Waals surface area contributed by atoms with Crippen molar-refractivity contribution in [2.75, 3.05) is 5.32 Å². The van der Waals surface area contributed by atoms with E-state index < -0.39 is 0 Å². The van der Waals surface area contributed by atoms with Crippen molar-refractivity contribution in [3.8, 4) is 0 Å². The molecule has 0 unspecified atom stereocenters. The molecule has 4 heteroatoms. The van der Waals surface area contributed by atoms with Crippen LogP contribution in [0, 0.1) is 5.82 Å². The Morgan fingerprint density at radius 1 is 0.720 bits per heavy atom. The van der Waals surface area contributed by atoms with Gasteiger partial charge >= 0.3 is 0 Å².